The van der Waals surface area contributed by atoms with E-state index in [0.29, 0.717) is 0 Å². The van der Waals surface area contributed by atoms with Crippen LogP contribution in [0.4, 0.5) is 0 Å². The summed E-state index contributed by atoms with van der Waals surface area (Å²) in [4.78, 5) is 0. The van der Waals surface area contributed by atoms with E-state index < -0.39 is 9.84 Å². The fraction of sp³-hybridized carbons (Fsp3) is 0.600. The van der Waals surface area contributed by atoms with Gasteiger partial charge in [0.15, 0.2) is 9.84 Å². The Morgan fingerprint density at radius 2 is 1.79 bits per heavy atom. The van der Waals surface area contributed by atoms with Crippen LogP contribution in [-0.2, 0) is 15.3 Å². The minimum absolute atomic E-state index is 0.00844. The van der Waals surface area contributed by atoms with Gasteiger partial charge in [-0.3, -0.25) is 0 Å². The summed E-state index contributed by atoms with van der Waals surface area (Å²) < 4.78 is 23.1. The standard InChI is InChI=1S/C15H25NO2S/c1-5-19(17,18)11-13(2)16-12-15(3,4)14-9-7-6-8-10-14/h6-10,13,16H,5,11-12H2,1-4H3. The second kappa shape index (κ2) is 6.53. The molecule has 0 radical (unpaired) electrons. The maximum Gasteiger partial charge on any atom is 0.151 e. The molecule has 0 heterocycles. The first-order chi connectivity index (χ1) is 8.77. The smallest absolute Gasteiger partial charge is 0.151 e. The molecule has 0 saturated heterocycles. The van der Waals surface area contributed by atoms with Crippen LogP contribution in [0.2, 0.25) is 0 Å². The highest BCUT2D eigenvalue weighted by molar-refractivity contribution is 7.91. The van der Waals surface area contributed by atoms with Crippen molar-refractivity contribution in [2.45, 2.75) is 39.2 Å². The second-order valence-electron chi connectivity index (χ2n) is 5.73. The van der Waals surface area contributed by atoms with Gasteiger partial charge in [0, 0.05) is 23.8 Å². The summed E-state index contributed by atoms with van der Waals surface area (Å²) in [5.74, 6) is 0.412. The van der Waals surface area contributed by atoms with E-state index in [-0.39, 0.29) is 23.0 Å². The molecule has 1 aromatic carbocycles. The molecule has 0 aliphatic carbocycles. The van der Waals surface area contributed by atoms with Gasteiger partial charge in [-0.1, -0.05) is 51.1 Å². The normalized spacial score (nSPS) is 14.3. The number of benzene rings is 1. The molecule has 19 heavy (non-hydrogen) atoms. The van der Waals surface area contributed by atoms with Crippen LogP contribution >= 0.6 is 0 Å². The van der Waals surface area contributed by atoms with Crippen LogP contribution in [0.1, 0.15) is 33.3 Å². The molecule has 0 aliphatic rings. The fourth-order valence-electron chi connectivity index (χ4n) is 1.98. The Morgan fingerprint density at radius 1 is 1.21 bits per heavy atom. The van der Waals surface area contributed by atoms with E-state index in [1.165, 1.54) is 5.56 Å². The first-order valence-corrected chi connectivity index (χ1v) is 8.58. The summed E-state index contributed by atoms with van der Waals surface area (Å²) >= 11 is 0. The lowest BCUT2D eigenvalue weighted by molar-refractivity contribution is 0.440. The summed E-state index contributed by atoms with van der Waals surface area (Å²) in [6.45, 7) is 8.70. The number of hydrogen-bond donors (Lipinski definition) is 1. The lowest BCUT2D eigenvalue weighted by Gasteiger charge is -2.27. The van der Waals surface area contributed by atoms with Gasteiger partial charge in [-0.05, 0) is 12.5 Å². The number of nitrogens with one attached hydrogen (secondary N) is 1. The van der Waals surface area contributed by atoms with Gasteiger partial charge >= 0.3 is 0 Å². The molecule has 108 valence electrons. The van der Waals surface area contributed by atoms with Gasteiger partial charge in [0.2, 0.25) is 0 Å². The molecule has 1 atom stereocenters. The lowest BCUT2D eigenvalue weighted by atomic mass is 9.84. The Balaban J connectivity index is 2.57. The molecular weight excluding hydrogens is 258 g/mol. The highest BCUT2D eigenvalue weighted by Crippen LogP contribution is 2.21. The summed E-state index contributed by atoms with van der Waals surface area (Å²) in [5.41, 5.74) is 1.25. The molecular formula is C15H25NO2S. The molecule has 0 amide bonds. The van der Waals surface area contributed by atoms with E-state index in [9.17, 15) is 8.42 Å². The van der Waals surface area contributed by atoms with Crippen LogP contribution in [0.25, 0.3) is 0 Å². The Labute approximate surface area is 117 Å². The zero-order chi connectivity index (χ0) is 14.5. The van der Waals surface area contributed by atoms with Gasteiger partial charge in [-0.2, -0.15) is 0 Å². The van der Waals surface area contributed by atoms with Crippen LogP contribution in [0.5, 0.6) is 0 Å². The summed E-state index contributed by atoms with van der Waals surface area (Å²) in [5, 5.41) is 3.33. The van der Waals surface area contributed by atoms with E-state index >= 15 is 0 Å². The van der Waals surface area contributed by atoms with Crippen molar-refractivity contribution in [1.82, 2.24) is 5.32 Å². The Hall–Kier alpha value is -0.870. The molecule has 0 aliphatic heterocycles. The minimum Gasteiger partial charge on any atom is -0.312 e. The summed E-state index contributed by atoms with van der Waals surface area (Å²) in [6.07, 6.45) is 0. The van der Waals surface area contributed by atoms with Crippen molar-refractivity contribution in [3.8, 4) is 0 Å². The van der Waals surface area contributed by atoms with Crippen molar-refractivity contribution in [2.75, 3.05) is 18.1 Å². The first-order valence-electron chi connectivity index (χ1n) is 6.76. The predicted octanol–water partition coefficient (Wildman–Crippen LogP) is 2.38. The minimum atomic E-state index is -2.91. The van der Waals surface area contributed by atoms with Crippen molar-refractivity contribution in [2.24, 2.45) is 0 Å². The number of sulfone groups is 1. The molecule has 0 spiro atoms. The third kappa shape index (κ3) is 5.33. The maximum absolute atomic E-state index is 11.6. The van der Waals surface area contributed by atoms with Crippen molar-refractivity contribution in [3.63, 3.8) is 0 Å². The predicted molar refractivity (Wildman–Crippen MR) is 81.3 cm³/mol. The topological polar surface area (TPSA) is 46.2 Å². The quantitative estimate of drug-likeness (QED) is 0.835. The molecule has 0 fully saturated rings. The molecule has 4 heteroatoms. The van der Waals surface area contributed by atoms with Crippen LogP contribution in [0, 0.1) is 0 Å². The number of rotatable bonds is 7. The SMILES string of the molecule is CCS(=O)(=O)CC(C)NCC(C)(C)c1ccccc1. The van der Waals surface area contributed by atoms with Crippen molar-refractivity contribution < 1.29 is 8.42 Å². The van der Waals surface area contributed by atoms with Gasteiger partial charge in [0.05, 0.1) is 5.75 Å². The van der Waals surface area contributed by atoms with Gasteiger partial charge in [0.25, 0.3) is 0 Å². The molecule has 0 bridgehead atoms. The third-order valence-electron chi connectivity index (χ3n) is 3.39. The zero-order valence-electron chi connectivity index (χ0n) is 12.3. The van der Waals surface area contributed by atoms with Crippen LogP contribution in [0.3, 0.4) is 0 Å². The first kappa shape index (κ1) is 16.2. The lowest BCUT2D eigenvalue weighted by Crippen LogP contribution is -2.41. The molecule has 0 saturated carbocycles. The Kier molecular flexibility index (Phi) is 5.56. The third-order valence-corrected chi connectivity index (χ3v) is 5.28. The van der Waals surface area contributed by atoms with Gasteiger partial charge in [-0.25, -0.2) is 8.42 Å². The Bertz CT molecular complexity index is 480. The zero-order valence-corrected chi connectivity index (χ0v) is 13.1. The average Bonchev–Trinajstić information content (AvgIpc) is 2.37. The van der Waals surface area contributed by atoms with E-state index in [1.54, 1.807) is 6.92 Å². The van der Waals surface area contributed by atoms with Crippen molar-refractivity contribution in [1.29, 1.82) is 0 Å². The van der Waals surface area contributed by atoms with Crippen molar-refractivity contribution >= 4 is 9.84 Å². The van der Waals surface area contributed by atoms with E-state index in [1.807, 2.05) is 25.1 Å². The monoisotopic (exact) mass is 283 g/mol. The fourth-order valence-corrected chi connectivity index (χ4v) is 3.09. The molecule has 1 aromatic rings. The largest absolute Gasteiger partial charge is 0.312 e. The van der Waals surface area contributed by atoms with E-state index in [0.717, 1.165) is 6.54 Å². The van der Waals surface area contributed by atoms with Gasteiger partial charge < -0.3 is 5.32 Å². The second-order valence-corrected chi connectivity index (χ2v) is 8.13. The Morgan fingerprint density at radius 3 is 2.32 bits per heavy atom. The molecule has 3 nitrogen and oxygen atoms in total. The molecule has 1 rings (SSSR count). The van der Waals surface area contributed by atoms with Gasteiger partial charge in [0.1, 0.15) is 0 Å². The van der Waals surface area contributed by atoms with Crippen LogP contribution < -0.4 is 5.32 Å². The van der Waals surface area contributed by atoms with Gasteiger partial charge in [-0.15, -0.1) is 0 Å². The van der Waals surface area contributed by atoms with Crippen LogP contribution in [0.15, 0.2) is 30.3 Å². The highest BCUT2D eigenvalue weighted by Gasteiger charge is 2.22. The van der Waals surface area contributed by atoms with Crippen LogP contribution in [-0.4, -0.2) is 32.5 Å². The van der Waals surface area contributed by atoms with E-state index in [4.69, 9.17) is 0 Å². The molecule has 1 unspecified atom stereocenters. The van der Waals surface area contributed by atoms with Crippen molar-refractivity contribution in [3.05, 3.63) is 35.9 Å². The average molecular weight is 283 g/mol. The number of hydrogen-bond acceptors (Lipinski definition) is 3. The summed E-state index contributed by atoms with van der Waals surface area (Å²) in [7, 11) is -2.91. The summed E-state index contributed by atoms with van der Waals surface area (Å²) in [6, 6.07) is 10.3. The molecule has 1 N–H and O–H groups in total. The molecule has 0 aromatic heterocycles. The van der Waals surface area contributed by atoms with E-state index in [2.05, 4.69) is 31.3 Å². The maximum atomic E-state index is 11.6. The highest BCUT2D eigenvalue weighted by atomic mass is 32.2.